The van der Waals surface area contributed by atoms with Crippen LogP contribution < -0.4 is 0 Å². The van der Waals surface area contributed by atoms with Gasteiger partial charge in [-0.25, -0.2) is 19.4 Å². The molecule has 274 valence electrons. The fourth-order valence-electron chi connectivity index (χ4n) is 5.31. The van der Waals surface area contributed by atoms with Crippen molar-refractivity contribution in [1.29, 1.82) is 0 Å². The molecule has 0 aromatic carbocycles. The predicted molar refractivity (Wildman–Crippen MR) is 178 cm³/mol. The van der Waals surface area contributed by atoms with E-state index in [0.717, 1.165) is 51.4 Å². The first-order chi connectivity index (χ1) is 22.4. The Balaban J connectivity index is 4.19. The zero-order valence-corrected chi connectivity index (χ0v) is 29.2. The highest BCUT2D eigenvalue weighted by Gasteiger charge is 2.50. The normalized spacial score (nSPS) is 11.8. The van der Waals surface area contributed by atoms with Crippen LogP contribution in [0.5, 0.6) is 0 Å². The number of carbonyl (C=O) groups excluding carboxylic acids is 5. The van der Waals surface area contributed by atoms with E-state index in [1.807, 2.05) is 0 Å². The maximum atomic E-state index is 12.2. The minimum atomic E-state index is -3.96. The van der Waals surface area contributed by atoms with Crippen LogP contribution in [0.4, 0.5) is 0 Å². The second-order valence-corrected chi connectivity index (χ2v) is 12.9. The van der Waals surface area contributed by atoms with Crippen LogP contribution in [0.15, 0.2) is 0 Å². The molecule has 0 amide bonds. The number of Topliss-reactive ketones (excluding diaryl/α,β-unsaturated/α-hetero) is 3. The Bertz CT molecular complexity index is 882. The van der Waals surface area contributed by atoms with Crippen molar-refractivity contribution in [2.45, 2.75) is 199 Å². The lowest BCUT2D eigenvalue weighted by Gasteiger charge is -2.19. The van der Waals surface area contributed by atoms with Gasteiger partial charge in [-0.05, 0) is 12.8 Å². The molecule has 4 N–H and O–H groups in total. The molecule has 0 saturated carbocycles. The van der Waals surface area contributed by atoms with E-state index in [1.165, 1.54) is 83.5 Å². The van der Waals surface area contributed by atoms with Gasteiger partial charge in [0.15, 0.2) is 0 Å². The summed E-state index contributed by atoms with van der Waals surface area (Å²) in [6.45, 7) is 4.39. The maximum Gasteiger partial charge on any atom is 0.422 e. The van der Waals surface area contributed by atoms with Crippen LogP contribution in [0.2, 0.25) is 0 Å². The van der Waals surface area contributed by atoms with E-state index >= 15 is 0 Å². The lowest BCUT2D eigenvalue weighted by Crippen LogP contribution is -2.52. The van der Waals surface area contributed by atoms with Crippen molar-refractivity contribution in [3.05, 3.63) is 0 Å². The molecule has 0 unspecified atom stereocenters. The summed E-state index contributed by atoms with van der Waals surface area (Å²) in [4.78, 5) is 68.2. The van der Waals surface area contributed by atoms with Crippen LogP contribution in [-0.4, -0.2) is 61.3 Å². The molecule has 47 heavy (non-hydrogen) atoms. The average Bonchev–Trinajstić information content (AvgIpc) is 3.05. The molecular formula is C36H64O11. The van der Waals surface area contributed by atoms with Crippen molar-refractivity contribution in [3.63, 3.8) is 0 Å². The van der Waals surface area contributed by atoms with E-state index in [9.17, 15) is 44.4 Å². The van der Waals surface area contributed by atoms with Crippen LogP contribution in [0.1, 0.15) is 187 Å². The lowest BCUT2D eigenvalue weighted by atomic mass is 10.0. The van der Waals surface area contributed by atoms with Crippen molar-refractivity contribution < 1.29 is 54.2 Å². The fraction of sp³-hybridized carbons (Fsp3) is 0.861. The summed E-state index contributed by atoms with van der Waals surface area (Å²) >= 11 is 0. The Labute approximate surface area is 282 Å². The Morgan fingerprint density at radius 3 is 1.02 bits per heavy atom. The highest BCUT2D eigenvalue weighted by atomic mass is 17.2. The first-order valence-corrected chi connectivity index (χ1v) is 18.4. The summed E-state index contributed by atoms with van der Waals surface area (Å²) in [6.07, 6.45) is 25.6. The van der Waals surface area contributed by atoms with Gasteiger partial charge in [0.2, 0.25) is 11.6 Å². The number of hydrogen-bond donors (Lipinski definition) is 4. The summed E-state index contributed by atoms with van der Waals surface area (Å²) in [7, 11) is 0. The average molecular weight is 673 g/mol. The summed E-state index contributed by atoms with van der Waals surface area (Å²) in [6, 6.07) is 0. The van der Waals surface area contributed by atoms with Gasteiger partial charge in [0.1, 0.15) is 0 Å². The van der Waals surface area contributed by atoms with E-state index in [0.29, 0.717) is 25.7 Å². The summed E-state index contributed by atoms with van der Waals surface area (Å²) < 4.78 is 0. The number of unbranched alkanes of at least 4 members (excludes halogenated alkanes) is 23. The predicted octanol–water partition coefficient (Wildman–Crippen LogP) is 6.63. The molecule has 0 aliphatic carbocycles. The van der Waals surface area contributed by atoms with Crippen LogP contribution in [0.3, 0.4) is 0 Å². The second kappa shape index (κ2) is 27.7. The number of hydrogen-bond acceptors (Lipinski definition) is 11. The van der Waals surface area contributed by atoms with Crippen LogP contribution in [-0.2, 0) is 33.7 Å². The molecule has 0 heterocycles. The third kappa shape index (κ3) is 21.4. The maximum absolute atomic E-state index is 12.2. The van der Waals surface area contributed by atoms with Crippen molar-refractivity contribution in [2.24, 2.45) is 0 Å². The van der Waals surface area contributed by atoms with Crippen LogP contribution in [0, 0.1) is 0 Å². The van der Waals surface area contributed by atoms with E-state index in [-0.39, 0.29) is 12.8 Å². The number of ketones is 3. The van der Waals surface area contributed by atoms with Gasteiger partial charge in [-0.15, -0.1) is 0 Å². The molecular weight excluding hydrogens is 608 g/mol. The SMILES string of the molecule is CCCCCCCCCCCCCCCC(=O)C(O)(O)C(=O)OOC(=O)C(O)(O)C(=O)C(=O)CCCCCCCCCCCCCC. The van der Waals surface area contributed by atoms with Crippen molar-refractivity contribution in [3.8, 4) is 0 Å². The molecule has 0 aromatic rings. The third-order valence-corrected chi connectivity index (χ3v) is 8.49. The minimum Gasteiger partial charge on any atom is -0.351 e. The smallest absolute Gasteiger partial charge is 0.351 e. The van der Waals surface area contributed by atoms with Crippen molar-refractivity contribution in [2.75, 3.05) is 0 Å². The molecule has 0 aromatic heterocycles. The van der Waals surface area contributed by atoms with Gasteiger partial charge in [-0.2, -0.15) is 0 Å². The Hall–Kier alpha value is -2.21. The quantitative estimate of drug-likeness (QED) is 0.0150. The summed E-state index contributed by atoms with van der Waals surface area (Å²) in [5.74, 6) is -16.3. The van der Waals surface area contributed by atoms with Gasteiger partial charge in [0, 0.05) is 12.8 Å². The van der Waals surface area contributed by atoms with Gasteiger partial charge in [0.25, 0.3) is 5.78 Å². The molecule has 0 aliphatic heterocycles. The third-order valence-electron chi connectivity index (χ3n) is 8.49. The molecule has 0 radical (unpaired) electrons. The van der Waals surface area contributed by atoms with Gasteiger partial charge in [-0.1, -0.05) is 162 Å². The molecule has 0 rings (SSSR count). The molecule has 0 fully saturated rings. The van der Waals surface area contributed by atoms with E-state index in [4.69, 9.17) is 0 Å². The molecule has 11 nitrogen and oxygen atoms in total. The topological polar surface area (TPSA) is 185 Å². The van der Waals surface area contributed by atoms with Crippen molar-refractivity contribution in [1.82, 2.24) is 0 Å². The van der Waals surface area contributed by atoms with E-state index in [2.05, 4.69) is 23.6 Å². The lowest BCUT2D eigenvalue weighted by molar-refractivity contribution is -0.300. The van der Waals surface area contributed by atoms with Gasteiger partial charge < -0.3 is 20.4 Å². The molecule has 0 atom stereocenters. The van der Waals surface area contributed by atoms with Gasteiger partial charge >= 0.3 is 23.5 Å². The van der Waals surface area contributed by atoms with Crippen molar-refractivity contribution >= 4 is 29.3 Å². The largest absolute Gasteiger partial charge is 0.422 e. The molecule has 11 heteroatoms. The Morgan fingerprint density at radius 2 is 0.681 bits per heavy atom. The monoisotopic (exact) mass is 672 g/mol. The summed E-state index contributed by atoms with van der Waals surface area (Å²) in [5.41, 5.74) is 0. The number of rotatable bonds is 32. The molecule has 0 aliphatic rings. The van der Waals surface area contributed by atoms with Gasteiger partial charge in [-0.3, -0.25) is 14.4 Å². The second-order valence-electron chi connectivity index (χ2n) is 12.9. The zero-order valence-electron chi connectivity index (χ0n) is 29.2. The minimum absolute atomic E-state index is 0.290. The van der Waals surface area contributed by atoms with E-state index < -0.39 is 40.9 Å². The first kappa shape index (κ1) is 44.8. The highest BCUT2D eigenvalue weighted by Crippen LogP contribution is 2.17. The highest BCUT2D eigenvalue weighted by molar-refractivity contribution is 6.43. The fourth-order valence-corrected chi connectivity index (χ4v) is 5.31. The number of carbonyl (C=O) groups is 5. The van der Waals surface area contributed by atoms with Crippen LogP contribution in [0.25, 0.3) is 0 Å². The van der Waals surface area contributed by atoms with Crippen LogP contribution >= 0.6 is 0 Å². The molecule has 0 spiro atoms. The standard InChI is InChI=1S/C36H64O11/c1-3-5-7-9-11-13-15-17-19-21-23-25-27-29-31(38)35(42,43)33(40)46-47-34(41)36(44,45)32(39)30(37)28-26-24-22-20-18-16-14-12-10-8-6-4-2/h42-45H,3-29H2,1-2H3. The Kier molecular flexibility index (Phi) is 26.4. The number of aliphatic hydroxyl groups is 4. The van der Waals surface area contributed by atoms with Gasteiger partial charge in [0.05, 0.1) is 0 Å². The Morgan fingerprint density at radius 1 is 0.404 bits per heavy atom. The zero-order chi connectivity index (χ0) is 35.4. The summed E-state index contributed by atoms with van der Waals surface area (Å²) in [5, 5.41) is 39.5. The van der Waals surface area contributed by atoms with E-state index in [1.54, 1.807) is 0 Å². The molecule has 0 bridgehead atoms. The molecule has 0 saturated heterocycles. The first-order valence-electron chi connectivity index (χ1n) is 18.4.